The lowest BCUT2D eigenvalue weighted by Crippen LogP contribution is -2.41. The minimum atomic E-state index is -0.144. The Morgan fingerprint density at radius 1 is 1.35 bits per heavy atom. The van der Waals surface area contributed by atoms with Crippen molar-refractivity contribution >= 4 is 33.7 Å². The molecule has 0 spiro atoms. The van der Waals surface area contributed by atoms with Crippen molar-refractivity contribution in [2.75, 3.05) is 11.9 Å². The summed E-state index contributed by atoms with van der Waals surface area (Å²) in [7, 11) is 0. The van der Waals surface area contributed by atoms with Crippen molar-refractivity contribution in [1.82, 2.24) is 9.88 Å². The highest BCUT2D eigenvalue weighted by Gasteiger charge is 2.33. The molecule has 3 rings (SSSR count). The van der Waals surface area contributed by atoms with E-state index in [1.54, 1.807) is 11.3 Å². The van der Waals surface area contributed by atoms with Crippen molar-refractivity contribution in [2.24, 2.45) is 0 Å². The molecule has 124 valence electrons. The number of anilines is 1. The van der Waals surface area contributed by atoms with Crippen LogP contribution in [0.4, 0.5) is 5.13 Å². The van der Waals surface area contributed by atoms with Gasteiger partial charge in [-0.25, -0.2) is 4.98 Å². The molecule has 0 saturated carbocycles. The van der Waals surface area contributed by atoms with Gasteiger partial charge in [-0.15, -0.1) is 22.7 Å². The molecule has 4 nitrogen and oxygen atoms in total. The van der Waals surface area contributed by atoms with Gasteiger partial charge in [0.15, 0.2) is 5.13 Å². The van der Waals surface area contributed by atoms with E-state index in [1.165, 1.54) is 9.75 Å². The number of aryl methyl sites for hydroxylation is 3. The summed E-state index contributed by atoms with van der Waals surface area (Å²) in [6.07, 6.45) is 2.28. The Kier molecular flexibility index (Phi) is 4.85. The van der Waals surface area contributed by atoms with Crippen LogP contribution in [0.2, 0.25) is 0 Å². The largest absolute Gasteiger partial charge is 0.301 e. The second kappa shape index (κ2) is 6.71. The zero-order chi connectivity index (χ0) is 16.6. The van der Waals surface area contributed by atoms with Crippen LogP contribution in [0.3, 0.4) is 0 Å². The first-order valence-corrected chi connectivity index (χ1v) is 9.66. The minimum absolute atomic E-state index is 0.0407. The molecule has 1 aliphatic rings. The molecule has 3 heterocycles. The third-order valence-corrected chi connectivity index (χ3v) is 6.61. The topological polar surface area (TPSA) is 45.2 Å². The molecule has 0 aliphatic carbocycles. The summed E-state index contributed by atoms with van der Waals surface area (Å²) in [6, 6.07) is 4.60. The first-order chi connectivity index (χ1) is 11.0. The number of likely N-dealkylation sites (tertiary alicyclic amines) is 1. The summed E-state index contributed by atoms with van der Waals surface area (Å²) in [6.45, 7) is 9.12. The van der Waals surface area contributed by atoms with E-state index < -0.39 is 0 Å². The molecule has 6 heteroatoms. The second-order valence-corrected chi connectivity index (χ2v) is 8.69. The molecule has 0 bridgehead atoms. The third kappa shape index (κ3) is 3.49. The number of hydrogen-bond donors (Lipinski definition) is 1. The summed E-state index contributed by atoms with van der Waals surface area (Å²) < 4.78 is 0. The number of nitrogens with one attached hydrogen (secondary N) is 1. The van der Waals surface area contributed by atoms with Crippen molar-refractivity contribution in [3.63, 3.8) is 0 Å². The quantitative estimate of drug-likeness (QED) is 0.895. The van der Waals surface area contributed by atoms with E-state index in [2.05, 4.69) is 34.3 Å². The number of thiophene rings is 1. The molecule has 0 aromatic carbocycles. The van der Waals surface area contributed by atoms with E-state index in [1.807, 2.05) is 32.1 Å². The highest BCUT2D eigenvalue weighted by atomic mass is 32.1. The molecule has 0 radical (unpaired) electrons. The Hall–Kier alpha value is -1.24. The van der Waals surface area contributed by atoms with Crippen LogP contribution in [0.15, 0.2) is 12.1 Å². The van der Waals surface area contributed by atoms with Crippen LogP contribution < -0.4 is 5.32 Å². The number of amides is 1. The van der Waals surface area contributed by atoms with Gasteiger partial charge in [0, 0.05) is 20.7 Å². The first kappa shape index (κ1) is 16.6. The standard InChI is InChI=1S/C17H23N3OS2/c1-10-7-8-15(22-10)14-6-5-9-20(14)12(3)16(21)19-17-18-11(2)13(4)23-17/h7-8,12,14H,5-6,9H2,1-4H3,(H,18,19,21). The second-order valence-electron chi connectivity index (χ2n) is 6.17. The number of rotatable bonds is 4. The van der Waals surface area contributed by atoms with Crippen LogP contribution in [-0.4, -0.2) is 28.4 Å². The van der Waals surface area contributed by atoms with E-state index in [0.717, 1.165) is 30.0 Å². The summed E-state index contributed by atoms with van der Waals surface area (Å²) in [4.78, 5) is 23.2. The zero-order valence-electron chi connectivity index (χ0n) is 14.0. The van der Waals surface area contributed by atoms with Gasteiger partial charge in [0.1, 0.15) is 0 Å². The number of nitrogens with zero attached hydrogens (tertiary/aromatic N) is 2. The predicted octanol–water partition coefficient (Wildman–Crippen LogP) is 4.29. The number of hydrogen-bond acceptors (Lipinski definition) is 5. The predicted molar refractivity (Wildman–Crippen MR) is 97.4 cm³/mol. The molecule has 1 N–H and O–H groups in total. The maximum absolute atomic E-state index is 12.6. The van der Waals surface area contributed by atoms with Crippen LogP contribution in [0.1, 0.15) is 46.1 Å². The lowest BCUT2D eigenvalue weighted by Gasteiger charge is -2.29. The maximum Gasteiger partial charge on any atom is 0.243 e. The fourth-order valence-corrected chi connectivity index (χ4v) is 4.93. The van der Waals surface area contributed by atoms with Gasteiger partial charge >= 0.3 is 0 Å². The van der Waals surface area contributed by atoms with Gasteiger partial charge in [0.05, 0.1) is 11.7 Å². The first-order valence-electron chi connectivity index (χ1n) is 8.02. The van der Waals surface area contributed by atoms with Gasteiger partial charge < -0.3 is 5.32 Å². The van der Waals surface area contributed by atoms with Gasteiger partial charge in [-0.1, -0.05) is 0 Å². The monoisotopic (exact) mass is 349 g/mol. The number of thiazole rings is 1. The van der Waals surface area contributed by atoms with Gasteiger partial charge in [-0.3, -0.25) is 9.69 Å². The number of aromatic nitrogens is 1. The van der Waals surface area contributed by atoms with E-state index in [0.29, 0.717) is 11.2 Å². The van der Waals surface area contributed by atoms with Crippen LogP contribution in [0.5, 0.6) is 0 Å². The Morgan fingerprint density at radius 3 is 2.74 bits per heavy atom. The van der Waals surface area contributed by atoms with Crippen molar-refractivity contribution in [3.8, 4) is 0 Å². The molecule has 1 amide bonds. The van der Waals surface area contributed by atoms with Crippen molar-refractivity contribution in [2.45, 2.75) is 52.6 Å². The highest BCUT2D eigenvalue weighted by Crippen LogP contribution is 2.37. The van der Waals surface area contributed by atoms with E-state index in [-0.39, 0.29) is 11.9 Å². The molecular weight excluding hydrogens is 326 g/mol. The smallest absolute Gasteiger partial charge is 0.243 e. The molecule has 23 heavy (non-hydrogen) atoms. The summed E-state index contributed by atoms with van der Waals surface area (Å²) in [5.41, 5.74) is 0.992. The molecule has 2 aromatic heterocycles. The molecule has 2 atom stereocenters. The van der Waals surface area contributed by atoms with E-state index >= 15 is 0 Å². The van der Waals surface area contributed by atoms with Crippen LogP contribution in [0.25, 0.3) is 0 Å². The molecule has 2 aromatic rings. The average Bonchev–Trinajstić information content (AvgIpc) is 3.19. The molecule has 1 saturated heterocycles. The maximum atomic E-state index is 12.6. The lowest BCUT2D eigenvalue weighted by molar-refractivity contribution is -0.121. The SMILES string of the molecule is Cc1ccc(C2CCCN2C(C)C(=O)Nc2nc(C)c(C)s2)s1. The fraction of sp³-hybridized carbons (Fsp3) is 0.529. The fourth-order valence-electron chi connectivity index (χ4n) is 3.08. The molecule has 1 aliphatic heterocycles. The van der Waals surface area contributed by atoms with E-state index in [9.17, 15) is 4.79 Å². The normalized spacial score (nSPS) is 19.9. The van der Waals surface area contributed by atoms with Crippen LogP contribution in [-0.2, 0) is 4.79 Å². The summed E-state index contributed by atoms with van der Waals surface area (Å²) >= 11 is 3.39. The third-order valence-electron chi connectivity index (χ3n) is 4.52. The average molecular weight is 350 g/mol. The van der Waals surface area contributed by atoms with Crippen LogP contribution in [0, 0.1) is 20.8 Å². The van der Waals surface area contributed by atoms with E-state index in [4.69, 9.17) is 0 Å². The summed E-state index contributed by atoms with van der Waals surface area (Å²) in [5.74, 6) is 0.0407. The molecule has 2 unspecified atom stereocenters. The van der Waals surface area contributed by atoms with Crippen LogP contribution >= 0.6 is 22.7 Å². The van der Waals surface area contributed by atoms with Gasteiger partial charge in [0.2, 0.25) is 5.91 Å². The van der Waals surface area contributed by atoms with Crippen molar-refractivity contribution in [3.05, 3.63) is 32.5 Å². The highest BCUT2D eigenvalue weighted by molar-refractivity contribution is 7.15. The van der Waals surface area contributed by atoms with Gasteiger partial charge in [-0.05, 0) is 59.2 Å². The van der Waals surface area contributed by atoms with Crippen molar-refractivity contribution < 1.29 is 4.79 Å². The Labute approximate surface area is 145 Å². The lowest BCUT2D eigenvalue weighted by atomic mass is 10.1. The van der Waals surface area contributed by atoms with Crippen molar-refractivity contribution in [1.29, 1.82) is 0 Å². The van der Waals surface area contributed by atoms with Gasteiger partial charge in [-0.2, -0.15) is 0 Å². The minimum Gasteiger partial charge on any atom is -0.301 e. The summed E-state index contributed by atoms with van der Waals surface area (Å²) in [5, 5.41) is 3.70. The number of carbonyl (C=O) groups is 1. The Morgan fingerprint density at radius 2 is 2.13 bits per heavy atom. The zero-order valence-corrected chi connectivity index (χ0v) is 15.7. The molecular formula is C17H23N3OS2. The molecule has 1 fully saturated rings. The Bertz CT molecular complexity index is 687. The van der Waals surface area contributed by atoms with Gasteiger partial charge in [0.25, 0.3) is 0 Å². The number of carbonyl (C=O) groups excluding carboxylic acids is 1. The Balaban J connectivity index is 1.70.